The number of methoxy groups -OCH3 is 1. The Balaban J connectivity index is 1.68. The standard InChI is InChI=1S/C24H24Cl2N2O3/c1-3-30-23-13-18(14-27-28-15-19-6-4-5-7-22(19)29-2)12-21(26)24(23)31-16-17-8-10-20(25)11-9-17/h4-14,28H,3,15-16H2,1-2H3/b27-14-. The van der Waals surface area contributed by atoms with Crippen LogP contribution >= 0.6 is 23.2 Å². The highest BCUT2D eigenvalue weighted by molar-refractivity contribution is 6.32. The SMILES string of the molecule is CCOc1cc(/C=N\NCc2ccccc2OC)cc(Cl)c1OCc1ccc(Cl)cc1. The molecule has 0 aliphatic rings. The minimum Gasteiger partial charge on any atom is -0.496 e. The molecule has 0 saturated carbocycles. The van der Waals surface area contributed by atoms with Crippen LogP contribution in [-0.4, -0.2) is 19.9 Å². The molecule has 1 N–H and O–H groups in total. The Morgan fingerprint density at radius 3 is 2.48 bits per heavy atom. The molecule has 0 radical (unpaired) electrons. The van der Waals surface area contributed by atoms with Crippen molar-refractivity contribution >= 4 is 29.4 Å². The van der Waals surface area contributed by atoms with Crippen molar-refractivity contribution in [3.05, 3.63) is 87.4 Å². The summed E-state index contributed by atoms with van der Waals surface area (Å²) in [5.74, 6) is 1.88. The van der Waals surface area contributed by atoms with Gasteiger partial charge in [0, 0.05) is 10.6 Å². The second-order valence-electron chi connectivity index (χ2n) is 6.58. The monoisotopic (exact) mass is 458 g/mol. The molecule has 0 aliphatic heterocycles. The molecule has 7 heteroatoms. The van der Waals surface area contributed by atoms with Crippen LogP contribution in [0.15, 0.2) is 65.8 Å². The lowest BCUT2D eigenvalue weighted by Gasteiger charge is -2.14. The molecule has 0 spiro atoms. The first-order valence-corrected chi connectivity index (χ1v) is 10.6. The second-order valence-corrected chi connectivity index (χ2v) is 7.43. The van der Waals surface area contributed by atoms with Crippen LogP contribution in [0.25, 0.3) is 0 Å². The average Bonchev–Trinajstić information content (AvgIpc) is 2.78. The van der Waals surface area contributed by atoms with Gasteiger partial charge in [-0.25, -0.2) is 0 Å². The van der Waals surface area contributed by atoms with Gasteiger partial charge < -0.3 is 19.6 Å². The summed E-state index contributed by atoms with van der Waals surface area (Å²) >= 11 is 12.4. The van der Waals surface area contributed by atoms with E-state index in [1.54, 1.807) is 19.4 Å². The fraction of sp³-hybridized carbons (Fsp3) is 0.208. The zero-order chi connectivity index (χ0) is 22.1. The number of para-hydroxylation sites is 1. The van der Waals surface area contributed by atoms with Gasteiger partial charge in [0.05, 0.1) is 31.5 Å². The van der Waals surface area contributed by atoms with E-state index in [9.17, 15) is 0 Å². The maximum absolute atomic E-state index is 6.49. The topological polar surface area (TPSA) is 52.1 Å². The lowest BCUT2D eigenvalue weighted by Crippen LogP contribution is -2.07. The van der Waals surface area contributed by atoms with E-state index in [4.69, 9.17) is 37.4 Å². The largest absolute Gasteiger partial charge is 0.496 e. The van der Waals surface area contributed by atoms with Gasteiger partial charge in [-0.15, -0.1) is 0 Å². The van der Waals surface area contributed by atoms with E-state index in [-0.39, 0.29) is 0 Å². The summed E-state index contributed by atoms with van der Waals surface area (Å²) in [6, 6.07) is 18.9. The number of nitrogens with one attached hydrogen (secondary N) is 1. The summed E-state index contributed by atoms with van der Waals surface area (Å²) in [5.41, 5.74) is 5.81. The third-order valence-corrected chi connectivity index (χ3v) is 4.93. The van der Waals surface area contributed by atoms with Gasteiger partial charge in [0.15, 0.2) is 11.5 Å². The molecule has 162 valence electrons. The highest BCUT2D eigenvalue weighted by atomic mass is 35.5. The zero-order valence-corrected chi connectivity index (χ0v) is 18.9. The van der Waals surface area contributed by atoms with Crippen molar-refractivity contribution in [1.82, 2.24) is 5.43 Å². The second kappa shape index (κ2) is 11.5. The molecule has 3 aromatic carbocycles. The molecule has 3 aromatic rings. The van der Waals surface area contributed by atoms with Crippen molar-refractivity contribution in [3.8, 4) is 17.2 Å². The van der Waals surface area contributed by atoms with E-state index >= 15 is 0 Å². The Kier molecular flexibility index (Phi) is 8.44. The fourth-order valence-corrected chi connectivity index (χ4v) is 3.30. The number of ether oxygens (including phenoxy) is 3. The molecule has 31 heavy (non-hydrogen) atoms. The zero-order valence-electron chi connectivity index (χ0n) is 17.4. The van der Waals surface area contributed by atoms with Crippen LogP contribution in [0, 0.1) is 0 Å². The van der Waals surface area contributed by atoms with Gasteiger partial charge in [0.2, 0.25) is 0 Å². The molecule has 0 saturated heterocycles. The molecule has 3 rings (SSSR count). The first-order chi connectivity index (χ1) is 15.1. The van der Waals surface area contributed by atoms with Gasteiger partial charge >= 0.3 is 0 Å². The molecule has 0 bridgehead atoms. The van der Waals surface area contributed by atoms with Gasteiger partial charge in [-0.3, -0.25) is 0 Å². The number of hydrazone groups is 1. The van der Waals surface area contributed by atoms with Crippen molar-refractivity contribution in [1.29, 1.82) is 0 Å². The molecule has 0 unspecified atom stereocenters. The molecule has 0 amide bonds. The first kappa shape index (κ1) is 22.8. The van der Waals surface area contributed by atoms with E-state index in [0.29, 0.717) is 41.3 Å². The first-order valence-electron chi connectivity index (χ1n) is 9.82. The van der Waals surface area contributed by atoms with Crippen LogP contribution in [0.2, 0.25) is 10.0 Å². The van der Waals surface area contributed by atoms with Gasteiger partial charge in [0.25, 0.3) is 0 Å². The number of nitrogens with zero attached hydrogens (tertiary/aromatic N) is 1. The van der Waals surface area contributed by atoms with E-state index in [0.717, 1.165) is 22.4 Å². The number of halogens is 2. The number of benzene rings is 3. The normalized spacial score (nSPS) is 10.8. The summed E-state index contributed by atoms with van der Waals surface area (Å²) < 4.78 is 17.0. The Labute approximate surface area is 192 Å². The number of rotatable bonds is 10. The minimum absolute atomic E-state index is 0.352. The van der Waals surface area contributed by atoms with Crippen LogP contribution in [0.5, 0.6) is 17.2 Å². The molecular formula is C24H24Cl2N2O3. The molecule has 0 aliphatic carbocycles. The smallest absolute Gasteiger partial charge is 0.180 e. The Morgan fingerprint density at radius 2 is 1.74 bits per heavy atom. The van der Waals surface area contributed by atoms with E-state index in [2.05, 4.69) is 10.5 Å². The number of hydrogen-bond acceptors (Lipinski definition) is 5. The predicted octanol–water partition coefficient (Wildman–Crippen LogP) is 6.10. The van der Waals surface area contributed by atoms with Crippen molar-refractivity contribution in [3.63, 3.8) is 0 Å². The molecule has 0 atom stereocenters. The minimum atomic E-state index is 0.352. The van der Waals surface area contributed by atoms with Gasteiger partial charge in [-0.2, -0.15) is 5.10 Å². The van der Waals surface area contributed by atoms with Gasteiger partial charge in [-0.05, 0) is 48.4 Å². The third kappa shape index (κ3) is 6.54. The lowest BCUT2D eigenvalue weighted by molar-refractivity contribution is 0.269. The van der Waals surface area contributed by atoms with Crippen LogP contribution in [-0.2, 0) is 13.2 Å². The average molecular weight is 459 g/mol. The van der Waals surface area contributed by atoms with Gasteiger partial charge in [0.1, 0.15) is 12.4 Å². The van der Waals surface area contributed by atoms with Crippen LogP contribution in [0.1, 0.15) is 23.6 Å². The molecule has 0 aromatic heterocycles. The summed E-state index contributed by atoms with van der Waals surface area (Å²) in [4.78, 5) is 0. The van der Waals surface area contributed by atoms with E-state index in [1.807, 2.05) is 61.5 Å². The lowest BCUT2D eigenvalue weighted by atomic mass is 10.2. The Hall–Kier alpha value is -2.89. The van der Waals surface area contributed by atoms with Crippen LogP contribution < -0.4 is 19.6 Å². The summed E-state index contributed by atoms with van der Waals surface area (Å²) in [6.45, 7) is 3.28. The maximum Gasteiger partial charge on any atom is 0.180 e. The molecular weight excluding hydrogens is 435 g/mol. The van der Waals surface area contributed by atoms with E-state index in [1.165, 1.54) is 0 Å². The van der Waals surface area contributed by atoms with Crippen molar-refractivity contribution in [2.24, 2.45) is 5.10 Å². The summed E-state index contributed by atoms with van der Waals surface area (Å²) in [5, 5.41) is 5.42. The van der Waals surface area contributed by atoms with Gasteiger partial charge in [-0.1, -0.05) is 53.5 Å². The highest BCUT2D eigenvalue weighted by Crippen LogP contribution is 2.37. The molecule has 0 heterocycles. The summed E-state index contributed by atoms with van der Waals surface area (Å²) in [6.07, 6.45) is 1.69. The molecule has 0 fully saturated rings. The number of hydrogen-bond donors (Lipinski definition) is 1. The maximum atomic E-state index is 6.49. The predicted molar refractivity (Wildman–Crippen MR) is 126 cm³/mol. The quantitative estimate of drug-likeness (QED) is 0.294. The third-order valence-electron chi connectivity index (χ3n) is 4.40. The van der Waals surface area contributed by atoms with Crippen LogP contribution in [0.3, 0.4) is 0 Å². The Morgan fingerprint density at radius 1 is 0.968 bits per heavy atom. The molecule has 5 nitrogen and oxygen atoms in total. The Bertz CT molecular complexity index is 1020. The van der Waals surface area contributed by atoms with Crippen molar-refractivity contribution in [2.75, 3.05) is 13.7 Å². The fourth-order valence-electron chi connectivity index (χ4n) is 2.90. The van der Waals surface area contributed by atoms with Crippen LogP contribution in [0.4, 0.5) is 0 Å². The summed E-state index contributed by atoms with van der Waals surface area (Å²) in [7, 11) is 1.65. The highest BCUT2D eigenvalue weighted by Gasteiger charge is 2.12. The van der Waals surface area contributed by atoms with Crippen molar-refractivity contribution < 1.29 is 14.2 Å². The van der Waals surface area contributed by atoms with Crippen molar-refractivity contribution in [2.45, 2.75) is 20.1 Å². The van der Waals surface area contributed by atoms with E-state index < -0.39 is 0 Å².